The van der Waals surface area contributed by atoms with E-state index < -0.39 is 0 Å². The van der Waals surface area contributed by atoms with Crippen LogP contribution in [0, 0.1) is 17.0 Å². The van der Waals surface area contributed by atoms with Crippen molar-refractivity contribution < 1.29 is 41.9 Å². The van der Waals surface area contributed by atoms with Gasteiger partial charge in [0, 0.05) is 57.5 Å². The zero-order valence-electron chi connectivity index (χ0n) is 12.3. The Morgan fingerprint density at radius 2 is 2.26 bits per heavy atom. The molecular weight excluding hydrogens is 390 g/mol. The molecule has 113 valence electrons. The van der Waals surface area contributed by atoms with Gasteiger partial charge in [-0.2, -0.15) is 4.39 Å². The van der Waals surface area contributed by atoms with E-state index in [1.54, 1.807) is 12.3 Å². The van der Waals surface area contributed by atoms with Gasteiger partial charge in [-0.3, -0.25) is 0 Å². The summed E-state index contributed by atoms with van der Waals surface area (Å²) in [5.41, 5.74) is 6.03. The number of nitrogens with zero attached hydrogens (tertiary/aromatic N) is 3. The van der Waals surface area contributed by atoms with Gasteiger partial charge in [-0.15, -0.1) is 0 Å². The Balaban J connectivity index is 0.00000192. The third-order valence-corrected chi connectivity index (χ3v) is 3.71. The summed E-state index contributed by atoms with van der Waals surface area (Å²) >= 11 is 1.02. The molecule has 3 rings (SSSR count). The Morgan fingerprint density at radius 1 is 1.43 bits per heavy atom. The molecular formula is C16H11FN3OSY-. The number of rotatable bonds is 3. The van der Waals surface area contributed by atoms with E-state index in [1.807, 2.05) is 23.9 Å². The third kappa shape index (κ3) is 4.00. The predicted octanol–water partition coefficient (Wildman–Crippen LogP) is 4.25. The summed E-state index contributed by atoms with van der Waals surface area (Å²) in [6.45, 7) is 3.43. The second-order valence-electron chi connectivity index (χ2n) is 4.44. The van der Waals surface area contributed by atoms with Gasteiger partial charge in [0.05, 0.1) is 16.7 Å². The molecule has 0 aromatic carbocycles. The van der Waals surface area contributed by atoms with Crippen molar-refractivity contribution in [2.45, 2.75) is 0 Å². The van der Waals surface area contributed by atoms with Crippen molar-refractivity contribution in [3.63, 3.8) is 0 Å². The van der Waals surface area contributed by atoms with Gasteiger partial charge in [0.2, 0.25) is 0 Å². The fraction of sp³-hybridized carbons (Fsp3) is 0.0625. The Morgan fingerprint density at radius 3 is 2.96 bits per heavy atom. The van der Waals surface area contributed by atoms with E-state index in [9.17, 15) is 4.39 Å². The number of hydrogen-bond acceptors (Lipinski definition) is 3. The molecule has 0 N–H and O–H groups in total. The van der Waals surface area contributed by atoms with Crippen molar-refractivity contribution in [1.82, 2.24) is 9.55 Å². The zero-order valence-corrected chi connectivity index (χ0v) is 15.9. The van der Waals surface area contributed by atoms with Crippen LogP contribution in [0.2, 0.25) is 0 Å². The third-order valence-electron chi connectivity index (χ3n) is 2.93. The molecule has 0 saturated carbocycles. The maximum atomic E-state index is 13.0. The van der Waals surface area contributed by atoms with Crippen molar-refractivity contribution in [3.8, 4) is 11.8 Å². The first-order valence-corrected chi connectivity index (χ1v) is 7.19. The molecule has 0 saturated heterocycles. The molecule has 0 unspecified atom stereocenters. The monoisotopic (exact) mass is 401 g/mol. The first-order valence-electron chi connectivity index (χ1n) is 6.37. The average Bonchev–Trinajstić information content (AvgIpc) is 3.07. The smallest absolute Gasteiger partial charge is 0.177 e. The molecule has 3 aromatic rings. The molecule has 3 aromatic heterocycles. The fourth-order valence-electron chi connectivity index (χ4n) is 2.01. The number of thiophene rings is 1. The summed E-state index contributed by atoms with van der Waals surface area (Å²) in [7, 11) is 1.89. The number of aryl methyl sites for hydroxylation is 1. The minimum atomic E-state index is -0.244. The molecule has 1 radical (unpaired) electrons. The van der Waals surface area contributed by atoms with E-state index in [4.69, 9.17) is 4.84 Å². The van der Waals surface area contributed by atoms with Gasteiger partial charge in [0.15, 0.2) is 5.13 Å². The Kier molecular flexibility index (Phi) is 5.94. The van der Waals surface area contributed by atoms with Crippen molar-refractivity contribution in [2.24, 2.45) is 7.05 Å². The molecule has 23 heavy (non-hydrogen) atoms. The number of hydrogen-bond donors (Lipinski definition) is 0. The standard InChI is InChI=1S/C16H11FN3OS.Y/c1-3-21-19-12-8-14-11(10-20(2)16(14)18-9-12)4-5-13-6-7-15(17)22-13;/h3,6-10H,1H2,2H3;/q-1;. The first-order chi connectivity index (χ1) is 10.7. The average molecular weight is 401 g/mol. The van der Waals surface area contributed by atoms with Crippen LogP contribution in [0.1, 0.15) is 10.4 Å². The van der Waals surface area contributed by atoms with Crippen LogP contribution in [0.4, 0.5) is 10.1 Å². The van der Waals surface area contributed by atoms with Crippen LogP contribution in [0.15, 0.2) is 43.4 Å². The Hall–Kier alpha value is -1.68. The topological polar surface area (TPSA) is 41.1 Å². The molecule has 4 nitrogen and oxygen atoms in total. The molecule has 0 aliphatic carbocycles. The van der Waals surface area contributed by atoms with Gasteiger partial charge in [0.25, 0.3) is 0 Å². The van der Waals surface area contributed by atoms with Crippen molar-refractivity contribution in [1.29, 1.82) is 0 Å². The van der Waals surface area contributed by atoms with Gasteiger partial charge < -0.3 is 14.9 Å². The number of pyridine rings is 1. The van der Waals surface area contributed by atoms with Crippen LogP contribution in [0.5, 0.6) is 0 Å². The molecule has 0 amide bonds. The predicted molar refractivity (Wildman–Crippen MR) is 85.3 cm³/mol. The molecule has 0 spiro atoms. The summed E-state index contributed by atoms with van der Waals surface area (Å²) in [6.07, 6.45) is 4.73. The zero-order chi connectivity index (χ0) is 15.5. The SMILES string of the molecule is C=CO[N-]c1cnc2c(c1)c(C#Cc1ccc(F)s1)cn2C.[Y]. The van der Waals surface area contributed by atoms with Crippen LogP contribution >= 0.6 is 11.3 Å². The molecule has 0 fully saturated rings. The van der Waals surface area contributed by atoms with E-state index in [2.05, 4.69) is 28.9 Å². The molecule has 0 aliphatic heterocycles. The van der Waals surface area contributed by atoms with E-state index >= 15 is 0 Å². The quantitative estimate of drug-likeness (QED) is 0.374. The summed E-state index contributed by atoms with van der Waals surface area (Å²) in [4.78, 5) is 9.84. The second-order valence-corrected chi connectivity index (χ2v) is 5.47. The van der Waals surface area contributed by atoms with E-state index in [1.165, 1.54) is 12.3 Å². The van der Waals surface area contributed by atoms with Crippen molar-refractivity contribution in [3.05, 3.63) is 64.5 Å². The van der Waals surface area contributed by atoms with Crippen LogP contribution in [0.3, 0.4) is 0 Å². The number of fused-ring (bicyclic) bond motifs is 1. The van der Waals surface area contributed by atoms with Gasteiger partial charge in [0.1, 0.15) is 5.65 Å². The van der Waals surface area contributed by atoms with Gasteiger partial charge in [-0.05, 0) is 12.1 Å². The van der Waals surface area contributed by atoms with Gasteiger partial charge >= 0.3 is 0 Å². The van der Waals surface area contributed by atoms with Crippen LogP contribution < -0.4 is 0 Å². The van der Waals surface area contributed by atoms with E-state index in [0.29, 0.717) is 10.6 Å². The molecule has 0 atom stereocenters. The summed E-state index contributed by atoms with van der Waals surface area (Å²) in [5.74, 6) is 6.01. The largest absolute Gasteiger partial charge is 0.563 e. The van der Waals surface area contributed by atoms with E-state index in [0.717, 1.165) is 27.9 Å². The number of aromatic nitrogens is 2. The number of halogens is 1. The summed E-state index contributed by atoms with van der Waals surface area (Å²) in [5, 5.41) is 0.618. The maximum Gasteiger partial charge on any atom is 0.177 e. The molecule has 3 heterocycles. The maximum absolute atomic E-state index is 13.0. The second kappa shape index (κ2) is 7.73. The van der Waals surface area contributed by atoms with Crippen LogP contribution in [-0.4, -0.2) is 9.55 Å². The first kappa shape index (κ1) is 17.7. The van der Waals surface area contributed by atoms with Gasteiger partial charge in [-0.25, -0.2) is 4.98 Å². The minimum Gasteiger partial charge on any atom is -0.563 e. The molecule has 0 aliphatic rings. The molecule has 7 heteroatoms. The normalized spacial score (nSPS) is 9.65. The Bertz CT molecular complexity index is 907. The summed E-state index contributed by atoms with van der Waals surface area (Å²) < 4.78 is 14.9. The summed E-state index contributed by atoms with van der Waals surface area (Å²) in [6, 6.07) is 4.91. The van der Waals surface area contributed by atoms with Crippen LogP contribution in [-0.2, 0) is 44.6 Å². The minimum absolute atomic E-state index is 0. The Labute approximate surface area is 162 Å². The molecule has 0 bridgehead atoms. The van der Waals surface area contributed by atoms with E-state index in [-0.39, 0.29) is 37.8 Å². The van der Waals surface area contributed by atoms with Gasteiger partial charge in [-0.1, -0.05) is 41.5 Å². The van der Waals surface area contributed by atoms with Crippen LogP contribution in [0.25, 0.3) is 16.5 Å². The van der Waals surface area contributed by atoms with Crippen molar-refractivity contribution in [2.75, 3.05) is 0 Å². The fourth-order valence-corrected chi connectivity index (χ4v) is 2.59. The van der Waals surface area contributed by atoms with Crippen molar-refractivity contribution >= 4 is 28.1 Å².